The number of carbonyl (C=O) groups excluding carboxylic acids is 1. The number of thiophene rings is 1. The molecule has 0 atom stereocenters. The fourth-order valence-corrected chi connectivity index (χ4v) is 4.37. The van der Waals surface area contributed by atoms with Gasteiger partial charge in [-0.05, 0) is 37.3 Å². The number of rotatable bonds is 8. The Bertz CT molecular complexity index is 587. The van der Waals surface area contributed by atoms with Crippen LogP contribution in [0.1, 0.15) is 19.3 Å². The minimum absolute atomic E-state index is 0. The predicted molar refractivity (Wildman–Crippen MR) is 96.0 cm³/mol. The Labute approximate surface area is 153 Å². The second kappa shape index (κ2) is 10.3. The topological polar surface area (TPSA) is 102 Å². The number of hydrogen-bond donors (Lipinski definition) is 2. The van der Waals surface area contributed by atoms with Crippen LogP contribution in [0.5, 0.6) is 0 Å². The number of nitrogens with zero attached hydrogens (tertiary/aromatic N) is 1. The fraction of sp³-hybridized carbons (Fsp3) is 0.643. The molecule has 0 saturated carbocycles. The summed E-state index contributed by atoms with van der Waals surface area (Å²) >= 11 is 1.13. The molecule has 0 aromatic carbocycles. The van der Waals surface area contributed by atoms with E-state index >= 15 is 0 Å². The molecule has 2 heterocycles. The molecule has 10 heteroatoms. The number of piperidine rings is 1. The van der Waals surface area contributed by atoms with Crippen LogP contribution >= 0.6 is 23.7 Å². The molecule has 1 aliphatic heterocycles. The molecule has 3 N–H and O–H groups in total. The van der Waals surface area contributed by atoms with Gasteiger partial charge in [0.25, 0.3) is 10.0 Å². The molecule has 0 spiro atoms. The van der Waals surface area contributed by atoms with Crippen molar-refractivity contribution in [2.45, 2.75) is 29.6 Å². The first kappa shape index (κ1) is 21.3. The number of hydrogen-bond acceptors (Lipinski definition) is 6. The van der Waals surface area contributed by atoms with Gasteiger partial charge in [0.05, 0.1) is 12.6 Å². The third-order valence-electron chi connectivity index (χ3n) is 3.67. The van der Waals surface area contributed by atoms with E-state index in [0.717, 1.165) is 30.6 Å². The van der Waals surface area contributed by atoms with E-state index < -0.39 is 10.0 Å². The number of nitrogens with two attached hydrogens (primary N) is 1. The third-order valence-corrected chi connectivity index (χ3v) is 6.47. The van der Waals surface area contributed by atoms with E-state index in [0.29, 0.717) is 26.2 Å². The van der Waals surface area contributed by atoms with Crippen LogP contribution in [0.15, 0.2) is 21.7 Å². The second-order valence-electron chi connectivity index (χ2n) is 5.35. The summed E-state index contributed by atoms with van der Waals surface area (Å²) in [5.41, 5.74) is 5.42. The Morgan fingerprint density at radius 2 is 2.12 bits per heavy atom. The Morgan fingerprint density at radius 3 is 2.71 bits per heavy atom. The minimum atomic E-state index is -3.59. The highest BCUT2D eigenvalue weighted by Gasteiger charge is 2.24. The van der Waals surface area contributed by atoms with Gasteiger partial charge in [-0.25, -0.2) is 13.1 Å². The van der Waals surface area contributed by atoms with Crippen molar-refractivity contribution in [3.63, 3.8) is 0 Å². The van der Waals surface area contributed by atoms with Crippen molar-refractivity contribution in [2.24, 2.45) is 5.73 Å². The summed E-state index contributed by atoms with van der Waals surface area (Å²) in [6.07, 6.45) is 2.54. The average molecular weight is 398 g/mol. The number of carbonyl (C=O) groups is 1. The molecule has 0 aliphatic carbocycles. The van der Waals surface area contributed by atoms with Crippen molar-refractivity contribution in [3.8, 4) is 0 Å². The maximum atomic E-state index is 12.1. The quantitative estimate of drug-likeness (QED) is 0.632. The van der Waals surface area contributed by atoms with Gasteiger partial charge in [0.2, 0.25) is 5.91 Å². The Hall–Kier alpha value is -0.710. The molecule has 1 aromatic heterocycles. The van der Waals surface area contributed by atoms with E-state index in [9.17, 15) is 13.2 Å². The molecule has 1 aliphatic rings. The molecule has 1 fully saturated rings. The zero-order chi connectivity index (χ0) is 16.7. The molecule has 0 unspecified atom stereocenters. The lowest BCUT2D eigenvalue weighted by atomic mass is 10.1. The number of nitrogens with one attached hydrogen (secondary N) is 1. The number of sulfonamides is 1. The molecule has 138 valence electrons. The second-order valence-corrected chi connectivity index (χ2v) is 8.29. The minimum Gasteiger partial charge on any atom is -0.378 e. The SMILES string of the molecule is Cl.NCCCOC1CCN(C(=O)CNS(=O)(=O)c2cccs2)CC1. The van der Waals surface area contributed by atoms with Crippen LogP contribution in [0.2, 0.25) is 0 Å². The third kappa shape index (κ3) is 6.30. The molecule has 7 nitrogen and oxygen atoms in total. The van der Waals surface area contributed by atoms with Gasteiger partial charge < -0.3 is 15.4 Å². The first-order chi connectivity index (χ1) is 11.0. The van der Waals surface area contributed by atoms with Crippen molar-refractivity contribution in [2.75, 3.05) is 32.8 Å². The largest absolute Gasteiger partial charge is 0.378 e. The van der Waals surface area contributed by atoms with E-state index in [1.807, 2.05) is 0 Å². The smallest absolute Gasteiger partial charge is 0.250 e. The van der Waals surface area contributed by atoms with Gasteiger partial charge in [-0.15, -0.1) is 23.7 Å². The molecule has 0 radical (unpaired) electrons. The zero-order valence-electron chi connectivity index (χ0n) is 13.3. The van der Waals surface area contributed by atoms with Gasteiger partial charge in [0.1, 0.15) is 4.21 Å². The summed E-state index contributed by atoms with van der Waals surface area (Å²) in [6, 6.07) is 3.18. The van der Waals surface area contributed by atoms with Crippen molar-refractivity contribution in [3.05, 3.63) is 17.5 Å². The van der Waals surface area contributed by atoms with Crippen molar-refractivity contribution >= 4 is 39.7 Å². The van der Waals surface area contributed by atoms with Gasteiger partial charge >= 0.3 is 0 Å². The zero-order valence-corrected chi connectivity index (χ0v) is 15.8. The lowest BCUT2D eigenvalue weighted by Gasteiger charge is -2.32. The number of ether oxygens (including phenoxy) is 1. The molecule has 1 amide bonds. The van der Waals surface area contributed by atoms with Crippen molar-refractivity contribution < 1.29 is 17.9 Å². The molecule has 1 aromatic rings. The molecule has 1 saturated heterocycles. The van der Waals surface area contributed by atoms with Crippen LogP contribution in [-0.2, 0) is 19.6 Å². The van der Waals surface area contributed by atoms with Crippen molar-refractivity contribution in [1.29, 1.82) is 0 Å². The van der Waals surface area contributed by atoms with Crippen LogP contribution in [0.25, 0.3) is 0 Å². The van der Waals surface area contributed by atoms with E-state index in [4.69, 9.17) is 10.5 Å². The van der Waals surface area contributed by atoms with Crippen LogP contribution in [-0.4, -0.2) is 58.1 Å². The van der Waals surface area contributed by atoms with E-state index in [2.05, 4.69) is 4.72 Å². The van der Waals surface area contributed by atoms with Gasteiger partial charge in [-0.3, -0.25) is 4.79 Å². The van der Waals surface area contributed by atoms with Crippen LogP contribution in [0.4, 0.5) is 0 Å². The van der Waals surface area contributed by atoms with Crippen LogP contribution in [0, 0.1) is 0 Å². The summed E-state index contributed by atoms with van der Waals surface area (Å²) in [4.78, 5) is 13.8. The highest BCUT2D eigenvalue weighted by atomic mass is 35.5. The maximum absolute atomic E-state index is 12.1. The lowest BCUT2D eigenvalue weighted by Crippen LogP contribution is -2.45. The summed E-state index contributed by atoms with van der Waals surface area (Å²) < 4.78 is 32.2. The molecular formula is C14H24ClN3O4S2. The monoisotopic (exact) mass is 397 g/mol. The molecular weight excluding hydrogens is 374 g/mol. The predicted octanol–water partition coefficient (Wildman–Crippen LogP) is 0.805. The van der Waals surface area contributed by atoms with Crippen LogP contribution < -0.4 is 10.5 Å². The van der Waals surface area contributed by atoms with Crippen molar-refractivity contribution in [1.82, 2.24) is 9.62 Å². The van der Waals surface area contributed by atoms with E-state index in [-0.39, 0.29) is 35.2 Å². The molecule has 24 heavy (non-hydrogen) atoms. The first-order valence-electron chi connectivity index (χ1n) is 7.65. The number of halogens is 1. The highest BCUT2D eigenvalue weighted by Crippen LogP contribution is 2.16. The van der Waals surface area contributed by atoms with Gasteiger partial charge in [-0.1, -0.05) is 6.07 Å². The maximum Gasteiger partial charge on any atom is 0.250 e. The summed E-state index contributed by atoms with van der Waals surface area (Å²) in [5, 5.41) is 1.69. The highest BCUT2D eigenvalue weighted by molar-refractivity contribution is 7.91. The normalized spacial score (nSPS) is 16.0. The van der Waals surface area contributed by atoms with Gasteiger partial charge in [-0.2, -0.15) is 0 Å². The Balaban J connectivity index is 0.00000288. The number of likely N-dealkylation sites (tertiary alicyclic amines) is 1. The van der Waals surface area contributed by atoms with Gasteiger partial charge in [0.15, 0.2) is 0 Å². The standard InChI is InChI=1S/C14H23N3O4S2.ClH/c15-6-2-9-21-12-4-7-17(8-5-12)13(18)11-16-23(19,20)14-3-1-10-22-14;/h1,3,10,12,16H,2,4-9,11,15H2;1H. The summed E-state index contributed by atoms with van der Waals surface area (Å²) in [5.74, 6) is -0.203. The lowest BCUT2D eigenvalue weighted by molar-refractivity contribution is -0.132. The Morgan fingerprint density at radius 1 is 1.42 bits per heavy atom. The first-order valence-corrected chi connectivity index (χ1v) is 10.0. The van der Waals surface area contributed by atoms with E-state index in [1.54, 1.807) is 16.3 Å². The fourth-order valence-electron chi connectivity index (χ4n) is 2.36. The van der Waals surface area contributed by atoms with Gasteiger partial charge in [0, 0.05) is 19.7 Å². The Kier molecular flexibility index (Phi) is 9.17. The summed E-state index contributed by atoms with van der Waals surface area (Å²) in [6.45, 7) is 2.23. The summed E-state index contributed by atoms with van der Waals surface area (Å²) in [7, 11) is -3.59. The van der Waals surface area contributed by atoms with Crippen LogP contribution in [0.3, 0.4) is 0 Å². The van der Waals surface area contributed by atoms with E-state index in [1.165, 1.54) is 6.07 Å². The molecule has 0 bridgehead atoms. The number of amides is 1. The molecule has 2 rings (SSSR count). The average Bonchev–Trinajstić information content (AvgIpc) is 3.09.